The molecule has 33 heavy (non-hydrogen) atoms. The number of alkyl carbamates (subject to hydrolysis) is 1. The number of carbonyl (C=O) groups excluding carboxylic acids is 2. The molecule has 172 valence electrons. The molecule has 1 atom stereocenters. The van der Waals surface area contributed by atoms with Gasteiger partial charge in [-0.05, 0) is 59.8 Å². The molecule has 3 aliphatic rings. The summed E-state index contributed by atoms with van der Waals surface area (Å²) in [6.45, 7) is 0.104. The summed E-state index contributed by atoms with van der Waals surface area (Å²) < 4.78 is 5.48. The van der Waals surface area contributed by atoms with Crippen molar-refractivity contribution < 1.29 is 24.2 Å². The summed E-state index contributed by atoms with van der Waals surface area (Å²) in [5, 5.41) is 14.6. The quantitative estimate of drug-likeness (QED) is 0.572. The number of amides is 2. The van der Waals surface area contributed by atoms with Gasteiger partial charge in [-0.3, -0.25) is 9.59 Å². The average Bonchev–Trinajstić information content (AvgIpc) is 3.56. The lowest BCUT2D eigenvalue weighted by atomic mass is 9.77. The van der Waals surface area contributed by atoms with Crippen molar-refractivity contribution in [3.8, 4) is 11.1 Å². The molecule has 0 heterocycles. The summed E-state index contributed by atoms with van der Waals surface area (Å²) in [5.74, 6) is -0.261. The summed E-state index contributed by atoms with van der Waals surface area (Å²) in [4.78, 5) is 36.5. The fourth-order valence-electron chi connectivity index (χ4n) is 5.20. The number of fused-ring (bicyclic) bond motifs is 3. The SMILES string of the molecule is O=C(O)CC(NC(=O)OCC1c2ccccc2-c2ccccc21)C(=O)NC1CC(C2CC2)C1. The Morgan fingerprint density at radius 2 is 1.55 bits per heavy atom. The van der Waals surface area contributed by atoms with E-state index < -0.39 is 30.4 Å². The van der Waals surface area contributed by atoms with E-state index in [4.69, 9.17) is 4.74 Å². The van der Waals surface area contributed by atoms with E-state index in [-0.39, 0.29) is 18.6 Å². The van der Waals surface area contributed by atoms with Crippen molar-refractivity contribution in [3.05, 3.63) is 59.7 Å². The maximum absolute atomic E-state index is 12.7. The van der Waals surface area contributed by atoms with Crippen molar-refractivity contribution in [2.24, 2.45) is 11.8 Å². The van der Waals surface area contributed by atoms with Gasteiger partial charge in [0.25, 0.3) is 0 Å². The van der Waals surface area contributed by atoms with Crippen LogP contribution in [-0.4, -0.2) is 41.8 Å². The molecule has 0 saturated heterocycles. The van der Waals surface area contributed by atoms with Gasteiger partial charge in [0.2, 0.25) is 5.91 Å². The number of carbonyl (C=O) groups is 3. The van der Waals surface area contributed by atoms with Crippen LogP contribution >= 0.6 is 0 Å². The van der Waals surface area contributed by atoms with Gasteiger partial charge in [-0.1, -0.05) is 48.5 Å². The van der Waals surface area contributed by atoms with E-state index in [9.17, 15) is 19.5 Å². The number of nitrogens with one attached hydrogen (secondary N) is 2. The molecule has 7 heteroatoms. The molecule has 3 aliphatic carbocycles. The second-order valence-electron chi connectivity index (χ2n) is 9.39. The van der Waals surface area contributed by atoms with Crippen LogP contribution in [0, 0.1) is 11.8 Å². The first-order valence-corrected chi connectivity index (χ1v) is 11.6. The van der Waals surface area contributed by atoms with Gasteiger partial charge in [-0.15, -0.1) is 0 Å². The van der Waals surface area contributed by atoms with Crippen molar-refractivity contribution >= 4 is 18.0 Å². The number of carboxylic acids is 1. The summed E-state index contributed by atoms with van der Waals surface area (Å²) in [7, 11) is 0. The molecule has 2 amide bonds. The fraction of sp³-hybridized carbons (Fsp3) is 0.423. The Morgan fingerprint density at radius 3 is 2.12 bits per heavy atom. The van der Waals surface area contributed by atoms with E-state index in [2.05, 4.69) is 22.8 Å². The van der Waals surface area contributed by atoms with Gasteiger partial charge in [0.05, 0.1) is 6.42 Å². The van der Waals surface area contributed by atoms with E-state index in [1.54, 1.807) is 0 Å². The highest BCUT2D eigenvalue weighted by atomic mass is 16.5. The molecular weight excluding hydrogens is 420 g/mol. The van der Waals surface area contributed by atoms with Crippen LogP contribution in [0.1, 0.15) is 49.1 Å². The first-order valence-electron chi connectivity index (χ1n) is 11.6. The number of rotatable bonds is 8. The highest BCUT2D eigenvalue weighted by Gasteiger charge is 2.41. The zero-order valence-electron chi connectivity index (χ0n) is 18.3. The molecule has 0 bridgehead atoms. The van der Waals surface area contributed by atoms with E-state index in [0.29, 0.717) is 5.92 Å². The lowest BCUT2D eigenvalue weighted by molar-refractivity contribution is -0.140. The summed E-state index contributed by atoms with van der Waals surface area (Å²) in [6.07, 6.45) is 3.13. The Morgan fingerprint density at radius 1 is 0.939 bits per heavy atom. The van der Waals surface area contributed by atoms with Crippen LogP contribution < -0.4 is 10.6 Å². The molecular formula is C26H28N2O5. The Balaban J connectivity index is 1.19. The molecule has 1 unspecified atom stereocenters. The predicted octanol–water partition coefficient (Wildman–Crippen LogP) is 3.67. The smallest absolute Gasteiger partial charge is 0.407 e. The van der Waals surface area contributed by atoms with Crippen molar-refractivity contribution in [1.29, 1.82) is 0 Å². The van der Waals surface area contributed by atoms with Gasteiger partial charge in [0, 0.05) is 12.0 Å². The van der Waals surface area contributed by atoms with Gasteiger partial charge in [-0.25, -0.2) is 4.79 Å². The van der Waals surface area contributed by atoms with E-state index >= 15 is 0 Å². The van der Waals surface area contributed by atoms with Crippen molar-refractivity contribution in [2.75, 3.05) is 6.61 Å². The van der Waals surface area contributed by atoms with Crippen molar-refractivity contribution in [1.82, 2.24) is 10.6 Å². The average molecular weight is 449 g/mol. The third kappa shape index (κ3) is 4.58. The van der Waals surface area contributed by atoms with Gasteiger partial charge >= 0.3 is 12.1 Å². The number of benzene rings is 2. The summed E-state index contributed by atoms with van der Waals surface area (Å²) >= 11 is 0. The molecule has 5 rings (SSSR count). The molecule has 0 spiro atoms. The molecule has 0 aromatic heterocycles. The lowest BCUT2D eigenvalue weighted by Gasteiger charge is -2.36. The van der Waals surface area contributed by atoms with Crippen LogP contribution in [0.15, 0.2) is 48.5 Å². The first-order chi connectivity index (χ1) is 16.0. The lowest BCUT2D eigenvalue weighted by Crippen LogP contribution is -2.53. The number of ether oxygens (including phenoxy) is 1. The first kappa shape index (κ1) is 21.5. The van der Waals surface area contributed by atoms with Crippen LogP contribution in [-0.2, 0) is 14.3 Å². The van der Waals surface area contributed by atoms with Gasteiger partial charge in [0.15, 0.2) is 0 Å². The van der Waals surface area contributed by atoms with E-state index in [0.717, 1.165) is 41.0 Å². The van der Waals surface area contributed by atoms with Gasteiger partial charge in [0.1, 0.15) is 12.6 Å². The highest BCUT2D eigenvalue weighted by Crippen LogP contribution is 2.47. The summed E-state index contributed by atoms with van der Waals surface area (Å²) in [5.41, 5.74) is 4.41. The van der Waals surface area contributed by atoms with Crippen LogP contribution in [0.2, 0.25) is 0 Å². The van der Waals surface area contributed by atoms with E-state index in [1.165, 1.54) is 12.8 Å². The number of carboxylic acid groups (broad SMARTS) is 1. The monoisotopic (exact) mass is 448 g/mol. The molecule has 2 aromatic rings. The molecule has 3 N–H and O–H groups in total. The summed E-state index contributed by atoms with van der Waals surface area (Å²) in [6, 6.07) is 14.9. The standard InChI is InChI=1S/C26H28N2O5/c29-24(30)13-23(25(31)27-17-11-16(12-17)15-9-10-15)28-26(32)33-14-22-20-7-3-1-5-18(20)19-6-2-4-8-21(19)22/h1-8,15-17,22-23H,9-14H2,(H,27,31)(H,28,32)(H,29,30). The van der Waals surface area contributed by atoms with Crippen LogP contribution in [0.5, 0.6) is 0 Å². The Hall–Kier alpha value is -3.35. The van der Waals surface area contributed by atoms with Crippen LogP contribution in [0.25, 0.3) is 11.1 Å². The maximum atomic E-state index is 12.7. The van der Waals surface area contributed by atoms with Crippen molar-refractivity contribution in [3.63, 3.8) is 0 Å². The molecule has 7 nitrogen and oxygen atoms in total. The Kier molecular flexibility index (Phi) is 5.79. The second-order valence-corrected chi connectivity index (χ2v) is 9.39. The molecule has 2 aromatic carbocycles. The minimum atomic E-state index is -1.17. The second kappa shape index (κ2) is 8.89. The van der Waals surface area contributed by atoms with Gasteiger partial charge in [-0.2, -0.15) is 0 Å². The zero-order valence-corrected chi connectivity index (χ0v) is 18.3. The molecule has 2 fully saturated rings. The minimum Gasteiger partial charge on any atom is -0.481 e. The molecule has 0 aliphatic heterocycles. The third-order valence-electron chi connectivity index (χ3n) is 7.14. The topological polar surface area (TPSA) is 105 Å². The molecule has 2 saturated carbocycles. The van der Waals surface area contributed by atoms with E-state index in [1.807, 2.05) is 36.4 Å². The van der Waals surface area contributed by atoms with Crippen LogP contribution in [0.3, 0.4) is 0 Å². The number of hydrogen-bond donors (Lipinski definition) is 3. The Labute approximate surface area is 192 Å². The third-order valence-corrected chi connectivity index (χ3v) is 7.14. The largest absolute Gasteiger partial charge is 0.481 e. The minimum absolute atomic E-state index is 0.0590. The Bertz CT molecular complexity index is 1030. The predicted molar refractivity (Wildman–Crippen MR) is 122 cm³/mol. The van der Waals surface area contributed by atoms with Crippen molar-refractivity contribution in [2.45, 2.75) is 50.1 Å². The maximum Gasteiger partial charge on any atom is 0.407 e. The highest BCUT2D eigenvalue weighted by molar-refractivity contribution is 5.89. The van der Waals surface area contributed by atoms with Crippen LogP contribution in [0.4, 0.5) is 4.79 Å². The number of aliphatic carboxylic acids is 1. The fourth-order valence-corrected chi connectivity index (χ4v) is 5.20. The normalized spacial score (nSPS) is 21.8. The molecule has 0 radical (unpaired) electrons. The zero-order chi connectivity index (χ0) is 22.9. The number of hydrogen-bond acceptors (Lipinski definition) is 4. The van der Waals surface area contributed by atoms with Gasteiger partial charge < -0.3 is 20.5 Å².